The van der Waals surface area contributed by atoms with Crippen molar-refractivity contribution in [1.29, 1.82) is 0 Å². The quantitative estimate of drug-likeness (QED) is 0.241. The van der Waals surface area contributed by atoms with E-state index in [2.05, 4.69) is 9.24 Å². The SMILES string of the molecule is [Li+].[Li+].[PH-]c1ccccc1. The van der Waals surface area contributed by atoms with Gasteiger partial charge in [-0.3, -0.25) is 0 Å². The second kappa shape index (κ2) is 6.96. The van der Waals surface area contributed by atoms with Gasteiger partial charge in [0.1, 0.15) is 0 Å². The van der Waals surface area contributed by atoms with Crippen LogP contribution in [0.15, 0.2) is 30.3 Å². The van der Waals surface area contributed by atoms with Gasteiger partial charge in [-0.2, -0.15) is 0 Å². The molecule has 0 aliphatic heterocycles. The van der Waals surface area contributed by atoms with Gasteiger partial charge in [-0.15, -0.1) is 0 Å². The molecule has 0 aliphatic carbocycles. The van der Waals surface area contributed by atoms with Crippen molar-refractivity contribution in [2.75, 3.05) is 0 Å². The van der Waals surface area contributed by atoms with Crippen LogP contribution in [0.1, 0.15) is 0 Å². The van der Waals surface area contributed by atoms with E-state index < -0.39 is 0 Å². The summed E-state index contributed by atoms with van der Waals surface area (Å²) in [7, 11) is 3.36. The Kier molecular flexibility index (Phi) is 9.68. The molecule has 0 heterocycles. The summed E-state index contributed by atoms with van der Waals surface area (Å²) < 4.78 is 0. The van der Waals surface area contributed by atoms with Gasteiger partial charge >= 0.3 is 37.7 Å². The maximum Gasteiger partial charge on any atom is 1.00 e. The first-order valence-corrected chi connectivity index (χ1v) is 2.66. The largest absolute Gasteiger partial charge is 1.00 e. The third-order valence-corrected chi connectivity index (χ3v) is 1.11. The van der Waals surface area contributed by atoms with Gasteiger partial charge < -0.3 is 9.24 Å². The molecule has 0 saturated carbocycles. The van der Waals surface area contributed by atoms with E-state index in [1.165, 1.54) is 0 Å². The first-order valence-electron chi connectivity index (χ1n) is 2.16. The predicted octanol–water partition coefficient (Wildman–Crippen LogP) is -4.54. The van der Waals surface area contributed by atoms with E-state index in [0.717, 1.165) is 5.30 Å². The van der Waals surface area contributed by atoms with Crippen LogP contribution in [-0.2, 0) is 0 Å². The summed E-state index contributed by atoms with van der Waals surface area (Å²) in [6.45, 7) is 0. The summed E-state index contributed by atoms with van der Waals surface area (Å²) in [4.78, 5) is 0. The third-order valence-electron chi connectivity index (χ3n) is 0.774. The second-order valence-corrected chi connectivity index (χ2v) is 1.94. The van der Waals surface area contributed by atoms with Crippen LogP contribution in [0.4, 0.5) is 0 Å². The molecule has 0 amide bonds. The van der Waals surface area contributed by atoms with Gasteiger partial charge in [0, 0.05) is 0 Å². The minimum absolute atomic E-state index is 0. The Hall–Kier alpha value is 0.845. The number of hydrogen-bond donors (Lipinski definition) is 0. The standard InChI is InChI=1S/C6H6P.2Li/c7-6-4-2-1-3-5-6;;/h1-5,7H;;/q-1;2*+1. The molecule has 0 bridgehead atoms. The Morgan fingerprint density at radius 3 is 1.56 bits per heavy atom. The van der Waals surface area contributed by atoms with Crippen molar-refractivity contribution in [3.05, 3.63) is 30.3 Å². The molecule has 0 radical (unpaired) electrons. The van der Waals surface area contributed by atoms with Gasteiger partial charge in [0.2, 0.25) is 0 Å². The first-order chi connectivity index (χ1) is 3.39. The smallest absolute Gasteiger partial charge is 0.525 e. The van der Waals surface area contributed by atoms with Crippen molar-refractivity contribution in [3.63, 3.8) is 0 Å². The van der Waals surface area contributed by atoms with Crippen molar-refractivity contribution in [3.8, 4) is 0 Å². The van der Waals surface area contributed by atoms with Crippen molar-refractivity contribution >= 4 is 14.5 Å². The van der Waals surface area contributed by atoms with Crippen molar-refractivity contribution in [1.82, 2.24) is 0 Å². The van der Waals surface area contributed by atoms with Gasteiger partial charge in [0.15, 0.2) is 0 Å². The van der Waals surface area contributed by atoms with Gasteiger partial charge in [0.05, 0.1) is 0 Å². The summed E-state index contributed by atoms with van der Waals surface area (Å²) in [5, 5.41) is 1.13. The fourth-order valence-electron chi connectivity index (χ4n) is 0.438. The molecule has 1 aromatic rings. The molecule has 0 aliphatic rings. The monoisotopic (exact) mass is 123 g/mol. The summed E-state index contributed by atoms with van der Waals surface area (Å²) in [5.41, 5.74) is 0. The Balaban J connectivity index is 0. The van der Waals surface area contributed by atoms with Gasteiger partial charge in [0.25, 0.3) is 0 Å². The minimum atomic E-state index is 0. The average molecular weight is 123 g/mol. The molecule has 0 atom stereocenters. The van der Waals surface area contributed by atoms with E-state index in [1.807, 2.05) is 30.3 Å². The Morgan fingerprint density at radius 2 is 1.33 bits per heavy atom. The van der Waals surface area contributed by atoms with E-state index in [4.69, 9.17) is 0 Å². The van der Waals surface area contributed by atoms with E-state index in [-0.39, 0.29) is 37.7 Å². The molecule has 36 valence electrons. The average Bonchev–Trinajstić information content (AvgIpc) is 1.69. The third kappa shape index (κ3) is 5.30. The van der Waals surface area contributed by atoms with Crippen LogP contribution in [0, 0.1) is 0 Å². The molecule has 0 fully saturated rings. The molecular formula is C6H6Li2P+. The topological polar surface area (TPSA) is 0 Å². The maximum absolute atomic E-state index is 3.36. The molecule has 3 heteroatoms. The van der Waals surface area contributed by atoms with Crippen molar-refractivity contribution < 1.29 is 37.7 Å². The molecule has 0 N–H and O–H groups in total. The van der Waals surface area contributed by atoms with Crippen LogP contribution in [0.2, 0.25) is 0 Å². The van der Waals surface area contributed by atoms with Crippen molar-refractivity contribution in [2.24, 2.45) is 0 Å². The Bertz CT molecular complexity index is 141. The molecule has 1 aromatic carbocycles. The van der Waals surface area contributed by atoms with Crippen LogP contribution < -0.4 is 43.0 Å². The van der Waals surface area contributed by atoms with Crippen LogP contribution in [0.3, 0.4) is 0 Å². The number of benzene rings is 1. The van der Waals surface area contributed by atoms with E-state index in [0.29, 0.717) is 0 Å². The van der Waals surface area contributed by atoms with Gasteiger partial charge in [-0.05, 0) is 0 Å². The normalized spacial score (nSPS) is 6.78. The maximum atomic E-state index is 3.36. The Labute approximate surface area is 82.4 Å². The zero-order valence-corrected chi connectivity index (χ0v) is 6.89. The van der Waals surface area contributed by atoms with Gasteiger partial charge in [-0.25, -0.2) is 5.30 Å². The van der Waals surface area contributed by atoms with Crippen LogP contribution in [0.5, 0.6) is 0 Å². The molecule has 1 rings (SSSR count). The van der Waals surface area contributed by atoms with Crippen LogP contribution in [0.25, 0.3) is 0 Å². The fraction of sp³-hybridized carbons (Fsp3) is 0. The fourth-order valence-corrected chi connectivity index (χ4v) is 0.631. The molecule has 9 heavy (non-hydrogen) atoms. The summed E-state index contributed by atoms with van der Waals surface area (Å²) in [5.74, 6) is 0. The zero-order valence-electron chi connectivity index (χ0n) is 5.89. The zero-order chi connectivity index (χ0) is 5.11. The molecule has 0 nitrogen and oxygen atoms in total. The number of hydrogen-bond acceptors (Lipinski definition) is 0. The van der Waals surface area contributed by atoms with Gasteiger partial charge in [-0.1, -0.05) is 30.3 Å². The Morgan fingerprint density at radius 1 is 0.889 bits per heavy atom. The molecule has 0 aromatic heterocycles. The molecule has 0 spiro atoms. The molecule has 0 unspecified atom stereocenters. The van der Waals surface area contributed by atoms with Crippen LogP contribution in [-0.4, -0.2) is 0 Å². The molecule has 0 saturated heterocycles. The van der Waals surface area contributed by atoms with E-state index in [9.17, 15) is 0 Å². The van der Waals surface area contributed by atoms with Crippen LogP contribution >= 0.6 is 9.24 Å². The summed E-state index contributed by atoms with van der Waals surface area (Å²) >= 11 is 0. The second-order valence-electron chi connectivity index (χ2n) is 1.37. The first kappa shape index (κ1) is 12.5. The molecular weight excluding hydrogens is 117 g/mol. The predicted molar refractivity (Wildman–Crippen MR) is 34.4 cm³/mol. The summed E-state index contributed by atoms with van der Waals surface area (Å²) in [6.07, 6.45) is 0. The van der Waals surface area contributed by atoms with E-state index >= 15 is 0 Å². The number of rotatable bonds is 0. The van der Waals surface area contributed by atoms with E-state index in [1.54, 1.807) is 0 Å². The summed E-state index contributed by atoms with van der Waals surface area (Å²) in [6, 6.07) is 9.96. The minimum Gasteiger partial charge on any atom is -0.525 e. The van der Waals surface area contributed by atoms with Crippen molar-refractivity contribution in [2.45, 2.75) is 0 Å².